The van der Waals surface area contributed by atoms with Crippen LogP contribution in [0.15, 0.2) is 51.6 Å². The second-order valence-electron chi connectivity index (χ2n) is 5.09. The minimum absolute atomic E-state index is 0.000486. The van der Waals surface area contributed by atoms with Crippen LogP contribution in [-0.4, -0.2) is 24.4 Å². The van der Waals surface area contributed by atoms with E-state index in [4.69, 9.17) is 4.42 Å². The number of furan rings is 1. The second kappa shape index (κ2) is 7.43. The molecule has 0 aliphatic rings. The Bertz CT molecular complexity index is 566. The SMILES string of the molecule is C[C@@H](NC(=O)CN(C)Cc1ccco1)c1ccc(Br)cc1. The van der Waals surface area contributed by atoms with Gasteiger partial charge in [-0.1, -0.05) is 28.1 Å². The highest BCUT2D eigenvalue weighted by Crippen LogP contribution is 2.16. The van der Waals surface area contributed by atoms with Crippen LogP contribution in [0.4, 0.5) is 0 Å². The van der Waals surface area contributed by atoms with Crippen LogP contribution in [0.1, 0.15) is 24.3 Å². The molecule has 1 aromatic carbocycles. The van der Waals surface area contributed by atoms with Crippen molar-refractivity contribution >= 4 is 21.8 Å². The molecule has 112 valence electrons. The number of carbonyl (C=O) groups excluding carboxylic acids is 1. The summed E-state index contributed by atoms with van der Waals surface area (Å²) in [4.78, 5) is 14.0. The number of halogens is 1. The fraction of sp³-hybridized carbons (Fsp3) is 0.312. The molecule has 0 spiro atoms. The van der Waals surface area contributed by atoms with Gasteiger partial charge in [0, 0.05) is 4.47 Å². The Morgan fingerprint density at radius 3 is 2.67 bits per heavy atom. The van der Waals surface area contributed by atoms with Crippen LogP contribution >= 0.6 is 15.9 Å². The molecule has 0 aliphatic carbocycles. The van der Waals surface area contributed by atoms with E-state index in [1.165, 1.54) is 0 Å². The summed E-state index contributed by atoms with van der Waals surface area (Å²) >= 11 is 3.40. The monoisotopic (exact) mass is 350 g/mol. The zero-order valence-corrected chi connectivity index (χ0v) is 13.8. The molecular formula is C16H19BrN2O2. The van der Waals surface area contributed by atoms with Crippen molar-refractivity contribution in [3.63, 3.8) is 0 Å². The van der Waals surface area contributed by atoms with Gasteiger partial charge in [-0.05, 0) is 43.8 Å². The molecule has 1 heterocycles. The van der Waals surface area contributed by atoms with Crippen LogP contribution in [-0.2, 0) is 11.3 Å². The number of nitrogens with one attached hydrogen (secondary N) is 1. The van der Waals surface area contributed by atoms with Gasteiger partial charge >= 0.3 is 0 Å². The first-order chi connectivity index (χ1) is 10.0. The van der Waals surface area contributed by atoms with Gasteiger partial charge in [-0.3, -0.25) is 9.69 Å². The van der Waals surface area contributed by atoms with Crippen LogP contribution in [0.5, 0.6) is 0 Å². The molecule has 4 nitrogen and oxygen atoms in total. The zero-order valence-electron chi connectivity index (χ0n) is 12.2. The molecule has 0 saturated carbocycles. The molecule has 1 aromatic heterocycles. The molecule has 0 radical (unpaired) electrons. The Kier molecular flexibility index (Phi) is 5.59. The standard InChI is InChI=1S/C16H19BrN2O2/c1-12(13-5-7-14(17)8-6-13)18-16(20)11-19(2)10-15-4-3-9-21-15/h3-9,12H,10-11H2,1-2H3,(H,18,20)/t12-/m1/s1. The Labute approximate surface area is 133 Å². The maximum absolute atomic E-state index is 12.0. The molecule has 2 rings (SSSR count). The van der Waals surface area contributed by atoms with Gasteiger partial charge < -0.3 is 9.73 Å². The van der Waals surface area contributed by atoms with E-state index in [1.54, 1.807) is 6.26 Å². The molecule has 0 fully saturated rings. The van der Waals surface area contributed by atoms with Gasteiger partial charge in [0.05, 0.1) is 25.4 Å². The minimum atomic E-state index is -0.0115. The molecule has 0 aliphatic heterocycles. The van der Waals surface area contributed by atoms with Gasteiger partial charge in [0.1, 0.15) is 5.76 Å². The lowest BCUT2D eigenvalue weighted by Gasteiger charge is -2.18. The summed E-state index contributed by atoms with van der Waals surface area (Å²) in [5.41, 5.74) is 1.08. The van der Waals surface area contributed by atoms with Crippen molar-refractivity contribution < 1.29 is 9.21 Å². The Morgan fingerprint density at radius 2 is 2.05 bits per heavy atom. The lowest BCUT2D eigenvalue weighted by atomic mass is 10.1. The summed E-state index contributed by atoms with van der Waals surface area (Å²) < 4.78 is 6.30. The quantitative estimate of drug-likeness (QED) is 0.868. The number of amides is 1. The number of nitrogens with zero attached hydrogens (tertiary/aromatic N) is 1. The first kappa shape index (κ1) is 15.8. The molecule has 1 N–H and O–H groups in total. The van der Waals surface area contributed by atoms with Crippen LogP contribution < -0.4 is 5.32 Å². The minimum Gasteiger partial charge on any atom is -0.468 e. The van der Waals surface area contributed by atoms with Crippen LogP contribution in [0.25, 0.3) is 0 Å². The second-order valence-corrected chi connectivity index (χ2v) is 6.01. The van der Waals surface area contributed by atoms with E-state index in [-0.39, 0.29) is 11.9 Å². The maximum Gasteiger partial charge on any atom is 0.234 e. The summed E-state index contributed by atoms with van der Waals surface area (Å²) in [5.74, 6) is 0.853. The highest BCUT2D eigenvalue weighted by Gasteiger charge is 2.12. The van der Waals surface area contributed by atoms with E-state index in [2.05, 4.69) is 21.2 Å². The van der Waals surface area contributed by atoms with Gasteiger partial charge in [0.25, 0.3) is 0 Å². The van der Waals surface area contributed by atoms with Gasteiger partial charge in [-0.15, -0.1) is 0 Å². The van der Waals surface area contributed by atoms with Crippen molar-refractivity contribution in [2.24, 2.45) is 0 Å². The van der Waals surface area contributed by atoms with Crippen LogP contribution in [0.3, 0.4) is 0 Å². The van der Waals surface area contributed by atoms with E-state index in [9.17, 15) is 4.79 Å². The van der Waals surface area contributed by atoms with Crippen molar-refractivity contribution in [3.05, 3.63) is 58.5 Å². The average Bonchev–Trinajstić information content (AvgIpc) is 2.91. The summed E-state index contributed by atoms with van der Waals surface area (Å²) in [5, 5.41) is 3.00. The first-order valence-corrected chi connectivity index (χ1v) is 7.59. The molecule has 0 saturated heterocycles. The Hall–Kier alpha value is -1.59. The largest absolute Gasteiger partial charge is 0.468 e. The fourth-order valence-corrected chi connectivity index (χ4v) is 2.36. The van der Waals surface area contributed by atoms with E-state index in [0.717, 1.165) is 15.8 Å². The Balaban J connectivity index is 1.82. The van der Waals surface area contributed by atoms with Gasteiger partial charge in [0.15, 0.2) is 0 Å². The lowest BCUT2D eigenvalue weighted by Crippen LogP contribution is -2.36. The number of benzene rings is 1. The van der Waals surface area contributed by atoms with E-state index < -0.39 is 0 Å². The number of likely N-dealkylation sites (N-methyl/N-ethyl adjacent to an activating group) is 1. The molecule has 1 amide bonds. The molecule has 21 heavy (non-hydrogen) atoms. The Morgan fingerprint density at radius 1 is 1.33 bits per heavy atom. The normalized spacial score (nSPS) is 12.4. The van der Waals surface area contributed by atoms with E-state index >= 15 is 0 Å². The highest BCUT2D eigenvalue weighted by atomic mass is 79.9. The maximum atomic E-state index is 12.0. The van der Waals surface area contributed by atoms with Crippen molar-refractivity contribution in [1.82, 2.24) is 10.2 Å². The van der Waals surface area contributed by atoms with Crippen molar-refractivity contribution in [1.29, 1.82) is 0 Å². The van der Waals surface area contributed by atoms with E-state index in [1.807, 2.05) is 55.3 Å². The van der Waals surface area contributed by atoms with Crippen LogP contribution in [0.2, 0.25) is 0 Å². The molecular weight excluding hydrogens is 332 g/mol. The predicted molar refractivity (Wildman–Crippen MR) is 85.7 cm³/mol. The molecule has 5 heteroatoms. The topological polar surface area (TPSA) is 45.5 Å². The van der Waals surface area contributed by atoms with Crippen molar-refractivity contribution in [3.8, 4) is 0 Å². The number of hydrogen-bond donors (Lipinski definition) is 1. The number of rotatable bonds is 6. The zero-order chi connectivity index (χ0) is 15.2. The third-order valence-corrected chi connectivity index (χ3v) is 3.70. The molecule has 0 bridgehead atoms. The first-order valence-electron chi connectivity index (χ1n) is 6.80. The molecule has 1 atom stereocenters. The van der Waals surface area contributed by atoms with Gasteiger partial charge in [-0.25, -0.2) is 0 Å². The summed E-state index contributed by atoms with van der Waals surface area (Å²) in [6.07, 6.45) is 1.64. The van der Waals surface area contributed by atoms with Crippen LogP contribution in [0, 0.1) is 0 Å². The number of hydrogen-bond acceptors (Lipinski definition) is 3. The predicted octanol–water partition coefficient (Wildman–Crippen LogP) is 3.35. The number of carbonyl (C=O) groups is 1. The molecule has 2 aromatic rings. The average molecular weight is 351 g/mol. The molecule has 0 unspecified atom stereocenters. The van der Waals surface area contributed by atoms with Crippen molar-refractivity contribution in [2.75, 3.05) is 13.6 Å². The fourth-order valence-electron chi connectivity index (χ4n) is 2.09. The smallest absolute Gasteiger partial charge is 0.234 e. The van der Waals surface area contributed by atoms with Crippen molar-refractivity contribution in [2.45, 2.75) is 19.5 Å². The summed E-state index contributed by atoms with van der Waals surface area (Å²) in [6.45, 7) is 2.93. The van der Waals surface area contributed by atoms with E-state index in [0.29, 0.717) is 13.1 Å². The lowest BCUT2D eigenvalue weighted by molar-refractivity contribution is -0.122. The third-order valence-electron chi connectivity index (χ3n) is 3.17. The summed E-state index contributed by atoms with van der Waals surface area (Å²) in [7, 11) is 1.90. The highest BCUT2D eigenvalue weighted by molar-refractivity contribution is 9.10. The summed E-state index contributed by atoms with van der Waals surface area (Å²) in [6, 6.07) is 11.7. The van der Waals surface area contributed by atoms with Gasteiger partial charge in [-0.2, -0.15) is 0 Å². The van der Waals surface area contributed by atoms with Gasteiger partial charge in [0.2, 0.25) is 5.91 Å². The third kappa shape index (κ3) is 5.02.